The molecule has 0 unspecified atom stereocenters. The Balaban J connectivity index is 2.30. The second-order valence-electron chi connectivity index (χ2n) is 5.83. The van der Waals surface area contributed by atoms with E-state index in [1.54, 1.807) is 6.07 Å². The molecular formula is C15H19N3O2. The molecule has 0 bridgehead atoms. The number of hydrogen-bond acceptors (Lipinski definition) is 3. The van der Waals surface area contributed by atoms with Gasteiger partial charge in [0.2, 0.25) is 0 Å². The van der Waals surface area contributed by atoms with Crippen LogP contribution in [0.15, 0.2) is 30.3 Å². The summed E-state index contributed by atoms with van der Waals surface area (Å²) in [5, 5.41) is 13.0. The maximum Gasteiger partial charge on any atom is 0.325 e. The van der Waals surface area contributed by atoms with Gasteiger partial charge in [-0.1, -0.05) is 45.0 Å². The van der Waals surface area contributed by atoms with Gasteiger partial charge in [-0.3, -0.25) is 4.79 Å². The van der Waals surface area contributed by atoms with Crippen molar-refractivity contribution in [3.05, 3.63) is 35.9 Å². The Hall–Kier alpha value is -2.30. The van der Waals surface area contributed by atoms with Crippen molar-refractivity contribution in [1.29, 1.82) is 0 Å². The van der Waals surface area contributed by atoms with Crippen LogP contribution in [0, 0.1) is 0 Å². The molecule has 0 saturated heterocycles. The Labute approximate surface area is 118 Å². The lowest BCUT2D eigenvalue weighted by atomic mass is 9.86. The normalized spacial score (nSPS) is 11.6. The third kappa shape index (κ3) is 2.99. The monoisotopic (exact) mass is 273 g/mol. The van der Waals surface area contributed by atoms with Crippen LogP contribution in [0.1, 0.15) is 26.3 Å². The van der Waals surface area contributed by atoms with Gasteiger partial charge in [0, 0.05) is 11.6 Å². The average Bonchev–Trinajstić information content (AvgIpc) is 2.69. The molecule has 1 aromatic carbocycles. The third-order valence-corrected chi connectivity index (χ3v) is 3.14. The van der Waals surface area contributed by atoms with E-state index in [1.807, 2.05) is 12.1 Å². The number of nitrogen functional groups attached to an aromatic ring is 1. The first-order chi connectivity index (χ1) is 9.27. The first-order valence-electron chi connectivity index (χ1n) is 6.43. The van der Waals surface area contributed by atoms with Crippen LogP contribution in [-0.2, 0) is 16.8 Å². The fourth-order valence-corrected chi connectivity index (χ4v) is 1.97. The number of hydrogen-bond donors (Lipinski definition) is 2. The van der Waals surface area contributed by atoms with Crippen LogP contribution < -0.4 is 5.73 Å². The summed E-state index contributed by atoms with van der Waals surface area (Å²) in [7, 11) is 0. The Kier molecular flexibility index (Phi) is 3.53. The van der Waals surface area contributed by atoms with Crippen LogP contribution >= 0.6 is 0 Å². The van der Waals surface area contributed by atoms with E-state index in [4.69, 9.17) is 10.8 Å². The van der Waals surface area contributed by atoms with Crippen molar-refractivity contribution in [2.45, 2.75) is 32.7 Å². The van der Waals surface area contributed by atoms with Gasteiger partial charge in [-0.25, -0.2) is 4.68 Å². The third-order valence-electron chi connectivity index (χ3n) is 3.14. The average molecular weight is 273 g/mol. The molecule has 1 aromatic heterocycles. The van der Waals surface area contributed by atoms with Crippen molar-refractivity contribution in [2.24, 2.45) is 0 Å². The van der Waals surface area contributed by atoms with Gasteiger partial charge in [0.15, 0.2) is 0 Å². The zero-order valence-electron chi connectivity index (χ0n) is 11.9. The molecule has 1 heterocycles. The largest absolute Gasteiger partial charge is 0.480 e. The van der Waals surface area contributed by atoms with Crippen LogP contribution in [0.3, 0.4) is 0 Å². The Morgan fingerprint density at radius 1 is 1.30 bits per heavy atom. The highest BCUT2D eigenvalue weighted by Crippen LogP contribution is 2.26. The van der Waals surface area contributed by atoms with Crippen molar-refractivity contribution >= 4 is 11.8 Å². The van der Waals surface area contributed by atoms with Gasteiger partial charge < -0.3 is 10.8 Å². The predicted molar refractivity (Wildman–Crippen MR) is 78.4 cm³/mol. The summed E-state index contributed by atoms with van der Waals surface area (Å²) < 4.78 is 1.29. The lowest BCUT2D eigenvalue weighted by Crippen LogP contribution is -2.12. The zero-order valence-corrected chi connectivity index (χ0v) is 11.9. The quantitative estimate of drug-likeness (QED) is 0.900. The van der Waals surface area contributed by atoms with Crippen molar-refractivity contribution in [2.75, 3.05) is 5.73 Å². The summed E-state index contributed by atoms with van der Waals surface area (Å²) >= 11 is 0. The molecule has 0 fully saturated rings. The molecule has 0 amide bonds. The number of carboxylic acids is 1. The summed E-state index contributed by atoms with van der Waals surface area (Å²) in [5.41, 5.74) is 8.71. The van der Waals surface area contributed by atoms with Gasteiger partial charge in [-0.15, -0.1) is 0 Å². The maximum absolute atomic E-state index is 10.7. The number of benzene rings is 1. The van der Waals surface area contributed by atoms with E-state index in [0.717, 1.165) is 5.56 Å². The van der Waals surface area contributed by atoms with Crippen molar-refractivity contribution in [3.8, 4) is 11.3 Å². The van der Waals surface area contributed by atoms with Crippen molar-refractivity contribution in [3.63, 3.8) is 0 Å². The topological polar surface area (TPSA) is 81.1 Å². The zero-order chi connectivity index (χ0) is 14.9. The molecule has 0 aliphatic rings. The smallest absolute Gasteiger partial charge is 0.325 e. The van der Waals surface area contributed by atoms with Gasteiger partial charge in [-0.05, 0) is 11.0 Å². The molecule has 20 heavy (non-hydrogen) atoms. The van der Waals surface area contributed by atoms with Crippen molar-refractivity contribution < 1.29 is 9.90 Å². The minimum Gasteiger partial charge on any atom is -0.480 e. The molecule has 0 aliphatic carbocycles. The van der Waals surface area contributed by atoms with Gasteiger partial charge in [0.05, 0.1) is 5.69 Å². The number of nitrogens with zero attached hydrogens (tertiary/aromatic N) is 2. The fraction of sp³-hybridized carbons (Fsp3) is 0.333. The van der Waals surface area contributed by atoms with E-state index in [0.29, 0.717) is 11.5 Å². The number of aliphatic carboxylic acids is 1. The van der Waals surface area contributed by atoms with Gasteiger partial charge in [-0.2, -0.15) is 5.10 Å². The first kappa shape index (κ1) is 14.1. The molecule has 5 nitrogen and oxygen atoms in total. The van der Waals surface area contributed by atoms with E-state index in [-0.39, 0.29) is 12.0 Å². The molecular weight excluding hydrogens is 254 g/mol. The fourth-order valence-electron chi connectivity index (χ4n) is 1.97. The summed E-state index contributed by atoms with van der Waals surface area (Å²) in [4.78, 5) is 10.7. The second-order valence-corrected chi connectivity index (χ2v) is 5.83. The van der Waals surface area contributed by atoms with Crippen molar-refractivity contribution in [1.82, 2.24) is 9.78 Å². The van der Waals surface area contributed by atoms with E-state index >= 15 is 0 Å². The Morgan fingerprint density at radius 3 is 2.40 bits per heavy atom. The van der Waals surface area contributed by atoms with Gasteiger partial charge >= 0.3 is 5.97 Å². The number of anilines is 1. The number of nitrogens with two attached hydrogens (primary N) is 1. The van der Waals surface area contributed by atoms with Crippen LogP contribution in [0.4, 0.5) is 5.82 Å². The Bertz CT molecular complexity index is 622. The van der Waals surface area contributed by atoms with Crippen LogP contribution in [0.5, 0.6) is 0 Å². The van der Waals surface area contributed by atoms with Gasteiger partial charge in [0.25, 0.3) is 0 Å². The minimum absolute atomic E-state index is 0.0974. The minimum atomic E-state index is -0.963. The van der Waals surface area contributed by atoms with E-state index in [2.05, 4.69) is 38.0 Å². The van der Waals surface area contributed by atoms with E-state index < -0.39 is 5.97 Å². The lowest BCUT2D eigenvalue weighted by molar-refractivity contribution is -0.137. The molecule has 0 saturated carbocycles. The predicted octanol–water partition coefficient (Wildman–Crippen LogP) is 2.51. The van der Waals surface area contributed by atoms with E-state index in [1.165, 1.54) is 10.2 Å². The highest BCUT2D eigenvalue weighted by Gasteiger charge is 2.14. The number of carbonyl (C=O) groups is 1. The summed E-state index contributed by atoms with van der Waals surface area (Å²) in [6.45, 7) is 6.23. The van der Waals surface area contributed by atoms with Crippen LogP contribution in [0.2, 0.25) is 0 Å². The summed E-state index contributed by atoms with van der Waals surface area (Å²) in [6.07, 6.45) is 0. The molecule has 5 heteroatoms. The molecule has 0 spiro atoms. The molecule has 2 rings (SSSR count). The highest BCUT2D eigenvalue weighted by atomic mass is 16.4. The molecule has 106 valence electrons. The summed E-state index contributed by atoms with van der Waals surface area (Å²) in [6, 6.07) is 9.76. The number of rotatable bonds is 3. The molecule has 0 atom stereocenters. The van der Waals surface area contributed by atoms with Gasteiger partial charge in [0.1, 0.15) is 12.4 Å². The summed E-state index contributed by atoms with van der Waals surface area (Å²) in [5.74, 6) is -0.614. The standard InChI is InChI=1S/C15H19N3O2/c1-15(2,3)11-6-4-10(5-7-11)12-8-13(16)18(17-12)9-14(19)20/h4-8H,9,16H2,1-3H3,(H,19,20). The Morgan fingerprint density at radius 2 is 1.90 bits per heavy atom. The second kappa shape index (κ2) is 5.00. The molecule has 2 aromatic rings. The van der Waals surface area contributed by atoms with Crippen LogP contribution in [-0.4, -0.2) is 20.9 Å². The SMILES string of the molecule is CC(C)(C)c1ccc(-c2cc(N)n(CC(=O)O)n2)cc1. The molecule has 0 aliphatic heterocycles. The van der Waals surface area contributed by atoms with E-state index in [9.17, 15) is 4.79 Å². The number of aromatic nitrogens is 2. The lowest BCUT2D eigenvalue weighted by Gasteiger charge is -2.18. The first-order valence-corrected chi connectivity index (χ1v) is 6.43. The molecule has 0 radical (unpaired) electrons. The number of carboxylic acid groups (broad SMARTS) is 1. The molecule has 3 N–H and O–H groups in total. The van der Waals surface area contributed by atoms with Crippen LogP contribution in [0.25, 0.3) is 11.3 Å². The highest BCUT2D eigenvalue weighted by molar-refractivity contribution is 5.68. The maximum atomic E-state index is 10.7.